The van der Waals surface area contributed by atoms with Crippen molar-refractivity contribution in [2.24, 2.45) is 4.99 Å². The summed E-state index contributed by atoms with van der Waals surface area (Å²) in [5.41, 5.74) is 3.54. The third-order valence-corrected chi connectivity index (χ3v) is 8.07. The number of hydrogen-bond acceptors (Lipinski definition) is 5. The number of alkyl halides is 3. The van der Waals surface area contributed by atoms with Gasteiger partial charge in [-0.3, -0.25) is 9.79 Å². The summed E-state index contributed by atoms with van der Waals surface area (Å²) >= 11 is 3.17. The topological polar surface area (TPSA) is 62.5 Å². The number of aromatic nitrogens is 1. The number of carbonyl (C=O) groups is 1. The van der Waals surface area contributed by atoms with Crippen molar-refractivity contribution in [1.29, 1.82) is 0 Å². The highest BCUT2D eigenvalue weighted by Gasteiger charge is 2.34. The Kier molecular flexibility index (Phi) is 7.32. The van der Waals surface area contributed by atoms with Crippen LogP contribution in [0.15, 0.2) is 51.5 Å². The molecule has 0 saturated carbocycles. The summed E-state index contributed by atoms with van der Waals surface area (Å²) in [6.07, 6.45) is -3.05. The highest BCUT2D eigenvalue weighted by molar-refractivity contribution is 7.99. The molecule has 0 unspecified atom stereocenters. The molecule has 1 aliphatic heterocycles. The molecule has 10 heteroatoms. The number of halogens is 4. The zero-order chi connectivity index (χ0) is 25.3. The Morgan fingerprint density at radius 2 is 1.94 bits per heavy atom. The number of allylic oxidation sites excluding steroid dienone is 1. The molecule has 4 rings (SSSR count). The monoisotopic (exact) mass is 522 g/mol. The van der Waals surface area contributed by atoms with Gasteiger partial charge in [-0.15, -0.1) is 23.1 Å². The van der Waals surface area contributed by atoms with E-state index in [4.69, 9.17) is 5.11 Å². The van der Waals surface area contributed by atoms with Crippen molar-refractivity contribution in [3.63, 3.8) is 0 Å². The molecular formula is C25H22F4N2O2S2. The number of aliphatic carboxylic acids is 1. The first-order valence-corrected chi connectivity index (χ1v) is 12.7. The van der Waals surface area contributed by atoms with Crippen LogP contribution in [-0.4, -0.2) is 27.5 Å². The number of hydrogen-bond donors (Lipinski definition) is 1. The second-order valence-corrected chi connectivity index (χ2v) is 10.5. The first-order chi connectivity index (χ1) is 16.5. The number of rotatable bonds is 7. The maximum atomic E-state index is 14.0. The molecule has 3 aromatic rings. The average Bonchev–Trinajstić information content (AvgIpc) is 3.19. The van der Waals surface area contributed by atoms with E-state index in [0.29, 0.717) is 36.3 Å². The van der Waals surface area contributed by atoms with Gasteiger partial charge in [0, 0.05) is 28.5 Å². The van der Waals surface area contributed by atoms with Crippen molar-refractivity contribution in [3.8, 4) is 0 Å². The van der Waals surface area contributed by atoms with Crippen LogP contribution in [-0.2, 0) is 17.4 Å². The van der Waals surface area contributed by atoms with Crippen LogP contribution in [0.4, 0.5) is 17.6 Å². The summed E-state index contributed by atoms with van der Waals surface area (Å²) in [7, 11) is 0. The zero-order valence-corrected chi connectivity index (χ0v) is 20.6. The van der Waals surface area contributed by atoms with Gasteiger partial charge in [0.25, 0.3) is 0 Å². The Balaban J connectivity index is 1.48. The maximum Gasteiger partial charge on any atom is 0.419 e. The van der Waals surface area contributed by atoms with Crippen LogP contribution >= 0.6 is 23.1 Å². The van der Waals surface area contributed by atoms with Crippen LogP contribution in [0.25, 0.3) is 10.2 Å². The van der Waals surface area contributed by atoms with Gasteiger partial charge in [-0.05, 0) is 67.7 Å². The number of aliphatic imine (C=N–C) groups is 1. The minimum atomic E-state index is -4.73. The van der Waals surface area contributed by atoms with Crippen LogP contribution in [0.2, 0.25) is 0 Å². The molecule has 184 valence electrons. The molecule has 0 radical (unpaired) electrons. The van der Waals surface area contributed by atoms with Gasteiger partial charge < -0.3 is 5.11 Å². The van der Waals surface area contributed by atoms with E-state index in [9.17, 15) is 22.4 Å². The van der Waals surface area contributed by atoms with E-state index in [2.05, 4.69) is 16.0 Å². The predicted molar refractivity (Wildman–Crippen MR) is 131 cm³/mol. The molecule has 4 nitrogen and oxygen atoms in total. The molecule has 1 N–H and O–H groups in total. The molecule has 1 aliphatic rings. The lowest BCUT2D eigenvalue weighted by Crippen LogP contribution is -2.12. The predicted octanol–water partition coefficient (Wildman–Crippen LogP) is 7.43. The van der Waals surface area contributed by atoms with E-state index >= 15 is 0 Å². The van der Waals surface area contributed by atoms with Crippen molar-refractivity contribution < 1.29 is 27.5 Å². The normalized spacial score (nSPS) is 14.5. The van der Waals surface area contributed by atoms with Crippen molar-refractivity contribution in [3.05, 3.63) is 69.1 Å². The molecule has 2 aromatic carbocycles. The van der Waals surface area contributed by atoms with Gasteiger partial charge in [-0.2, -0.15) is 13.2 Å². The fourth-order valence-corrected chi connectivity index (χ4v) is 6.05. The number of carboxylic acids is 1. The number of carboxylic acid groups (broad SMARTS) is 1. The Morgan fingerprint density at radius 3 is 2.60 bits per heavy atom. The molecule has 0 spiro atoms. The van der Waals surface area contributed by atoms with Crippen molar-refractivity contribution in [2.75, 3.05) is 5.75 Å². The number of thioether (sulfide) groups is 1. The third-order valence-electron chi connectivity index (χ3n) is 5.74. The second kappa shape index (κ2) is 10.1. The Labute approximate surface area is 207 Å². The quantitative estimate of drug-likeness (QED) is 0.259. The molecule has 0 atom stereocenters. The van der Waals surface area contributed by atoms with Crippen LogP contribution in [0.3, 0.4) is 0 Å². The minimum absolute atomic E-state index is 0.0511. The fraction of sp³-hybridized carbons (Fsp3) is 0.320. The molecule has 2 heterocycles. The highest BCUT2D eigenvalue weighted by Crippen LogP contribution is 2.35. The van der Waals surface area contributed by atoms with Gasteiger partial charge in [-0.25, -0.2) is 9.37 Å². The van der Waals surface area contributed by atoms with Gasteiger partial charge in [0.1, 0.15) is 5.82 Å². The van der Waals surface area contributed by atoms with Crippen molar-refractivity contribution in [2.45, 2.75) is 50.6 Å². The Bertz CT molecular complexity index is 1360. The van der Waals surface area contributed by atoms with E-state index in [1.165, 1.54) is 17.4 Å². The standard InChI is InChI=1S/C25H22F4N2O2S2/c1-13-9-17(11-21-24(13)35-22(31-21)7-8-23(32)33)34-12-16-4-6-20(30-14(16)2)15-3-5-18(19(26)10-15)25(27,28)29/h3,5,9-11H,4,6-8,12H2,1-2H3,(H,32,33). The molecule has 0 saturated heterocycles. The lowest BCUT2D eigenvalue weighted by atomic mass is 9.97. The summed E-state index contributed by atoms with van der Waals surface area (Å²) < 4.78 is 53.5. The highest BCUT2D eigenvalue weighted by atomic mass is 32.2. The number of benzene rings is 2. The minimum Gasteiger partial charge on any atom is -0.481 e. The van der Waals surface area contributed by atoms with E-state index in [1.54, 1.807) is 11.8 Å². The summed E-state index contributed by atoms with van der Waals surface area (Å²) in [4.78, 5) is 21.0. The van der Waals surface area contributed by atoms with Crippen LogP contribution < -0.4 is 0 Å². The number of thiazole rings is 1. The lowest BCUT2D eigenvalue weighted by molar-refractivity contribution is -0.140. The fourth-order valence-electron chi connectivity index (χ4n) is 3.89. The van der Waals surface area contributed by atoms with E-state index in [-0.39, 0.29) is 6.42 Å². The van der Waals surface area contributed by atoms with Crippen molar-refractivity contribution in [1.82, 2.24) is 4.98 Å². The molecular weight excluding hydrogens is 500 g/mol. The number of nitrogens with zero attached hydrogens (tertiary/aromatic N) is 2. The number of aryl methyl sites for hydroxylation is 2. The van der Waals surface area contributed by atoms with Gasteiger partial charge in [0.05, 0.1) is 27.2 Å². The summed E-state index contributed by atoms with van der Waals surface area (Å²) in [5.74, 6) is -1.44. The third kappa shape index (κ3) is 5.92. The lowest BCUT2D eigenvalue weighted by Gasteiger charge is -2.18. The largest absolute Gasteiger partial charge is 0.481 e. The van der Waals surface area contributed by atoms with Crippen LogP contribution in [0.1, 0.15) is 47.9 Å². The smallest absolute Gasteiger partial charge is 0.419 e. The van der Waals surface area contributed by atoms with Crippen LogP contribution in [0, 0.1) is 12.7 Å². The SMILES string of the molecule is CC1=C(CSc2cc(C)c3sc(CCC(=O)O)nc3c2)CCC(c2ccc(C(F)(F)F)c(F)c2)=N1. The van der Waals surface area contributed by atoms with Crippen molar-refractivity contribution >= 4 is 45.0 Å². The maximum absolute atomic E-state index is 14.0. The summed E-state index contributed by atoms with van der Waals surface area (Å²) in [6.45, 7) is 3.87. The summed E-state index contributed by atoms with van der Waals surface area (Å²) in [5, 5.41) is 9.71. The molecule has 1 aromatic heterocycles. The van der Waals surface area contributed by atoms with Gasteiger partial charge >= 0.3 is 12.1 Å². The first-order valence-electron chi connectivity index (χ1n) is 10.9. The van der Waals surface area contributed by atoms with Gasteiger partial charge in [-0.1, -0.05) is 6.07 Å². The number of fused-ring (bicyclic) bond motifs is 1. The molecule has 0 fully saturated rings. The molecule has 0 aliphatic carbocycles. The second-order valence-electron chi connectivity index (χ2n) is 8.32. The van der Waals surface area contributed by atoms with Crippen LogP contribution in [0.5, 0.6) is 0 Å². The zero-order valence-electron chi connectivity index (χ0n) is 19.0. The van der Waals surface area contributed by atoms with E-state index in [1.807, 2.05) is 19.9 Å². The Morgan fingerprint density at radius 1 is 1.17 bits per heavy atom. The Hall–Kier alpha value is -2.72. The summed E-state index contributed by atoms with van der Waals surface area (Å²) in [6, 6.07) is 7.04. The van der Waals surface area contributed by atoms with E-state index < -0.39 is 23.5 Å². The molecule has 35 heavy (non-hydrogen) atoms. The average molecular weight is 523 g/mol. The van der Waals surface area contributed by atoms with Gasteiger partial charge in [0.2, 0.25) is 0 Å². The van der Waals surface area contributed by atoms with Gasteiger partial charge in [0.15, 0.2) is 0 Å². The molecule has 0 bridgehead atoms. The molecule has 0 amide bonds. The first kappa shape index (κ1) is 25.4. The van der Waals surface area contributed by atoms with E-state index in [0.717, 1.165) is 49.1 Å².